The molecule has 10 heteroatoms. The summed E-state index contributed by atoms with van der Waals surface area (Å²) < 4.78 is 46.4. The van der Waals surface area contributed by atoms with Crippen LogP contribution >= 0.6 is 0 Å². The van der Waals surface area contributed by atoms with Crippen LogP contribution in [0, 0.1) is 0 Å². The summed E-state index contributed by atoms with van der Waals surface area (Å²) in [6.07, 6.45) is -4.50. The molecule has 0 bridgehead atoms. The largest absolute Gasteiger partial charge is 0.494 e. The molecule has 36 heavy (non-hydrogen) atoms. The lowest BCUT2D eigenvalue weighted by Crippen LogP contribution is -2.41. The van der Waals surface area contributed by atoms with E-state index in [1.807, 2.05) is 6.92 Å². The fourth-order valence-electron chi connectivity index (χ4n) is 3.82. The number of benzene rings is 3. The Morgan fingerprint density at radius 1 is 0.972 bits per heavy atom. The van der Waals surface area contributed by atoms with Crippen LogP contribution < -0.4 is 21.3 Å². The molecule has 0 atom stereocenters. The highest BCUT2D eigenvalue weighted by Crippen LogP contribution is 2.29. The van der Waals surface area contributed by atoms with Crippen LogP contribution in [0.15, 0.2) is 82.4 Å². The van der Waals surface area contributed by atoms with Crippen LogP contribution in [-0.4, -0.2) is 21.6 Å². The Morgan fingerprint density at radius 2 is 1.69 bits per heavy atom. The van der Waals surface area contributed by atoms with Crippen LogP contribution in [0.1, 0.15) is 18.1 Å². The first-order chi connectivity index (χ1) is 17.2. The number of alkyl halides is 3. The highest BCUT2D eigenvalue weighted by molar-refractivity contribution is 5.82. The summed E-state index contributed by atoms with van der Waals surface area (Å²) in [5.74, 6) is -0.0269. The summed E-state index contributed by atoms with van der Waals surface area (Å²) in [4.78, 5) is 39.2. The minimum Gasteiger partial charge on any atom is -0.494 e. The molecule has 0 radical (unpaired) electrons. The van der Waals surface area contributed by atoms with Crippen molar-refractivity contribution in [1.29, 1.82) is 0 Å². The number of carbonyl (C=O) groups excluding carboxylic acids is 1. The predicted molar refractivity (Wildman–Crippen MR) is 128 cm³/mol. The lowest BCUT2D eigenvalue weighted by Gasteiger charge is -2.15. The summed E-state index contributed by atoms with van der Waals surface area (Å²) in [6.45, 7) is 1.69. The number of carbonyl (C=O) groups is 1. The number of ether oxygens (including phenoxy) is 1. The number of rotatable bonds is 7. The molecule has 1 heterocycles. The fraction of sp³-hybridized carbons (Fsp3) is 0.192. The van der Waals surface area contributed by atoms with Crippen molar-refractivity contribution < 1.29 is 22.7 Å². The molecule has 1 aromatic heterocycles. The summed E-state index contributed by atoms with van der Waals surface area (Å²) >= 11 is 0. The molecule has 0 fully saturated rings. The normalized spacial score (nSPS) is 11.4. The highest BCUT2D eigenvalue weighted by Gasteiger charge is 2.30. The summed E-state index contributed by atoms with van der Waals surface area (Å²) in [7, 11) is 0. The Kier molecular flexibility index (Phi) is 6.96. The molecule has 0 saturated carbocycles. The second-order valence-electron chi connectivity index (χ2n) is 7.93. The van der Waals surface area contributed by atoms with E-state index >= 15 is 0 Å². The maximum atomic E-state index is 13.4. The van der Waals surface area contributed by atoms with E-state index in [2.05, 4.69) is 5.32 Å². The van der Waals surface area contributed by atoms with E-state index in [1.165, 1.54) is 12.1 Å². The van der Waals surface area contributed by atoms with Crippen LogP contribution in [-0.2, 0) is 24.1 Å². The van der Waals surface area contributed by atoms with Crippen LogP contribution in [0.3, 0.4) is 0 Å². The number of hydrogen-bond donors (Lipinski definition) is 1. The van der Waals surface area contributed by atoms with E-state index in [0.717, 1.165) is 21.3 Å². The van der Waals surface area contributed by atoms with Crippen molar-refractivity contribution in [2.45, 2.75) is 26.2 Å². The summed E-state index contributed by atoms with van der Waals surface area (Å²) in [6, 6.07) is 17.4. The second-order valence-corrected chi connectivity index (χ2v) is 7.93. The van der Waals surface area contributed by atoms with Gasteiger partial charge in [-0.2, -0.15) is 13.2 Å². The van der Waals surface area contributed by atoms with Gasteiger partial charge in [0, 0.05) is 6.54 Å². The Morgan fingerprint density at radius 3 is 2.39 bits per heavy atom. The molecule has 1 amide bonds. The van der Waals surface area contributed by atoms with Gasteiger partial charge in [-0.05, 0) is 61.0 Å². The van der Waals surface area contributed by atoms with Gasteiger partial charge in [0.05, 0.1) is 28.8 Å². The van der Waals surface area contributed by atoms with Crippen LogP contribution in [0.5, 0.6) is 5.75 Å². The summed E-state index contributed by atoms with van der Waals surface area (Å²) in [5, 5.41) is 2.78. The molecule has 0 aliphatic carbocycles. The zero-order valence-electron chi connectivity index (χ0n) is 19.2. The molecule has 186 valence electrons. The first kappa shape index (κ1) is 24.8. The van der Waals surface area contributed by atoms with E-state index in [1.54, 1.807) is 48.5 Å². The molecule has 0 aliphatic rings. The molecule has 0 spiro atoms. The number of aromatic nitrogens is 2. The van der Waals surface area contributed by atoms with E-state index in [0.29, 0.717) is 18.0 Å². The van der Waals surface area contributed by atoms with Crippen molar-refractivity contribution in [2.75, 3.05) is 6.61 Å². The Balaban J connectivity index is 1.66. The number of amides is 1. The van der Waals surface area contributed by atoms with Crippen LogP contribution in [0.2, 0.25) is 0 Å². The van der Waals surface area contributed by atoms with Gasteiger partial charge >= 0.3 is 11.9 Å². The monoisotopic (exact) mass is 497 g/mol. The quantitative estimate of drug-likeness (QED) is 0.420. The third kappa shape index (κ3) is 5.17. The zero-order valence-corrected chi connectivity index (χ0v) is 19.2. The minimum atomic E-state index is -4.50. The van der Waals surface area contributed by atoms with Crippen LogP contribution in [0.25, 0.3) is 16.6 Å². The zero-order chi connectivity index (χ0) is 25.9. The van der Waals surface area contributed by atoms with Gasteiger partial charge in [-0.1, -0.05) is 24.3 Å². The number of nitrogens with zero attached hydrogens (tertiary/aromatic N) is 2. The molecular formula is C26H22F3N3O4. The first-order valence-electron chi connectivity index (χ1n) is 11.1. The number of halogens is 3. The lowest BCUT2D eigenvalue weighted by molar-refractivity contribution is -0.137. The smallest absolute Gasteiger partial charge is 0.416 e. The van der Waals surface area contributed by atoms with Gasteiger partial charge in [0.2, 0.25) is 5.91 Å². The molecular weight excluding hydrogens is 475 g/mol. The molecule has 4 aromatic rings. The van der Waals surface area contributed by atoms with Gasteiger partial charge in [-0.25, -0.2) is 9.36 Å². The molecule has 0 saturated heterocycles. The van der Waals surface area contributed by atoms with Gasteiger partial charge in [0.25, 0.3) is 5.56 Å². The first-order valence-corrected chi connectivity index (χ1v) is 11.1. The number of fused-ring (bicyclic) bond motifs is 1. The average molecular weight is 497 g/mol. The predicted octanol–water partition coefficient (Wildman–Crippen LogP) is 3.89. The molecule has 3 aromatic carbocycles. The lowest BCUT2D eigenvalue weighted by atomic mass is 10.1. The van der Waals surface area contributed by atoms with E-state index in [-0.39, 0.29) is 23.0 Å². The van der Waals surface area contributed by atoms with Gasteiger partial charge in [0.1, 0.15) is 12.3 Å². The molecule has 1 N–H and O–H groups in total. The molecule has 0 aliphatic heterocycles. The SMILES string of the molecule is CCOc1ccc(-n2c(=O)c3ccccc3n(CC(=O)NCc3cccc(C(F)(F)F)c3)c2=O)cc1. The number of hydrogen-bond acceptors (Lipinski definition) is 4. The van der Waals surface area contributed by atoms with Gasteiger partial charge in [0.15, 0.2) is 0 Å². The maximum Gasteiger partial charge on any atom is 0.416 e. The van der Waals surface area contributed by atoms with Crippen molar-refractivity contribution in [1.82, 2.24) is 14.5 Å². The van der Waals surface area contributed by atoms with Crippen molar-refractivity contribution in [2.24, 2.45) is 0 Å². The van der Waals surface area contributed by atoms with Crippen molar-refractivity contribution in [3.8, 4) is 11.4 Å². The average Bonchev–Trinajstić information content (AvgIpc) is 2.86. The Bertz CT molecular complexity index is 1520. The van der Waals surface area contributed by atoms with Gasteiger partial charge < -0.3 is 10.1 Å². The maximum absolute atomic E-state index is 13.4. The van der Waals surface area contributed by atoms with Gasteiger partial charge in [-0.15, -0.1) is 0 Å². The van der Waals surface area contributed by atoms with Crippen LogP contribution in [0.4, 0.5) is 13.2 Å². The second kappa shape index (κ2) is 10.1. The number of para-hydroxylation sites is 1. The molecule has 0 unspecified atom stereocenters. The third-order valence-corrected chi connectivity index (χ3v) is 5.50. The van der Waals surface area contributed by atoms with E-state index in [9.17, 15) is 27.6 Å². The number of nitrogens with one attached hydrogen (secondary N) is 1. The van der Waals surface area contributed by atoms with Crippen molar-refractivity contribution >= 4 is 16.8 Å². The van der Waals surface area contributed by atoms with E-state index < -0.39 is 35.4 Å². The van der Waals surface area contributed by atoms with E-state index in [4.69, 9.17) is 4.74 Å². The van der Waals surface area contributed by atoms with Gasteiger partial charge in [-0.3, -0.25) is 14.2 Å². The molecule has 4 rings (SSSR count). The highest BCUT2D eigenvalue weighted by atomic mass is 19.4. The molecule has 7 nitrogen and oxygen atoms in total. The Labute approximate surface area is 203 Å². The Hall–Kier alpha value is -4.34. The summed E-state index contributed by atoms with van der Waals surface area (Å²) in [5.41, 5.74) is -1.26. The third-order valence-electron chi connectivity index (χ3n) is 5.50. The van der Waals surface area contributed by atoms with Crippen molar-refractivity contribution in [3.63, 3.8) is 0 Å². The van der Waals surface area contributed by atoms with Crippen molar-refractivity contribution in [3.05, 3.63) is 105 Å². The standard InChI is InChI=1S/C26H22F3N3O4/c1-2-36-20-12-10-19(11-13-20)32-24(34)21-8-3-4-9-22(21)31(25(32)35)16-23(33)30-15-17-6-5-7-18(14-17)26(27,28)29/h3-14H,2,15-16H2,1H3,(H,30,33). The minimum absolute atomic E-state index is 0.159. The fourth-order valence-corrected chi connectivity index (χ4v) is 3.82. The topological polar surface area (TPSA) is 82.3 Å².